The maximum Gasteiger partial charge on any atom is 0.135 e. The third-order valence-corrected chi connectivity index (χ3v) is 3.13. The van der Waals surface area contributed by atoms with Crippen molar-refractivity contribution in [1.82, 2.24) is 0 Å². The van der Waals surface area contributed by atoms with Crippen molar-refractivity contribution >= 4 is 28.0 Å². The summed E-state index contributed by atoms with van der Waals surface area (Å²) in [5.41, 5.74) is 2.23. The van der Waals surface area contributed by atoms with E-state index in [-0.39, 0.29) is 0 Å². The number of likely N-dealkylation sites (N-methyl/N-ethyl adjacent to an activating group) is 1. The maximum absolute atomic E-state index is 5.19. The van der Waals surface area contributed by atoms with E-state index in [0.29, 0.717) is 6.61 Å². The van der Waals surface area contributed by atoms with Gasteiger partial charge in [-0.3, -0.25) is 0 Å². The highest BCUT2D eigenvalue weighted by atomic mass is 16.5. The van der Waals surface area contributed by atoms with Crippen LogP contribution in [0.2, 0.25) is 0 Å². The molecule has 0 N–H and O–H groups in total. The average molecular weight is 226 g/mol. The van der Waals surface area contributed by atoms with Crippen LogP contribution in [0.25, 0.3) is 10.8 Å². The summed E-state index contributed by atoms with van der Waals surface area (Å²) in [4.78, 5) is 6.75. The maximum atomic E-state index is 5.19. The summed E-state index contributed by atoms with van der Waals surface area (Å²) in [7, 11) is 3.72. The number of rotatable bonds is 2. The molecule has 1 heterocycles. The fourth-order valence-corrected chi connectivity index (χ4v) is 2.29. The van der Waals surface area contributed by atoms with E-state index >= 15 is 0 Å². The zero-order valence-corrected chi connectivity index (χ0v) is 9.97. The van der Waals surface area contributed by atoms with E-state index in [9.17, 15) is 0 Å². The van der Waals surface area contributed by atoms with E-state index in [1.165, 1.54) is 16.5 Å². The van der Waals surface area contributed by atoms with Gasteiger partial charge < -0.3 is 9.64 Å². The quantitative estimate of drug-likeness (QED) is 0.786. The van der Waals surface area contributed by atoms with Crippen molar-refractivity contribution in [3.05, 3.63) is 36.4 Å². The van der Waals surface area contributed by atoms with Crippen LogP contribution in [-0.2, 0) is 4.74 Å². The summed E-state index contributed by atoms with van der Waals surface area (Å²) in [5.74, 6) is 0.943. The lowest BCUT2D eigenvalue weighted by Gasteiger charge is -2.27. The predicted octanol–water partition coefficient (Wildman–Crippen LogP) is 2.97. The Morgan fingerprint density at radius 1 is 1.18 bits per heavy atom. The van der Waals surface area contributed by atoms with Gasteiger partial charge in [0.1, 0.15) is 12.4 Å². The highest BCUT2D eigenvalue weighted by Gasteiger charge is 2.18. The normalized spacial score (nSPS) is 14.0. The molecular formula is C14H14N2O. The zero-order chi connectivity index (χ0) is 11.8. The van der Waals surface area contributed by atoms with Crippen LogP contribution in [0.15, 0.2) is 41.4 Å². The minimum Gasteiger partial charge on any atom is -0.377 e. The average Bonchev–Trinajstić information content (AvgIpc) is 2.36. The molecule has 3 rings (SSSR count). The smallest absolute Gasteiger partial charge is 0.135 e. The molecule has 3 nitrogen and oxygen atoms in total. The second-order valence-corrected chi connectivity index (χ2v) is 4.17. The first-order chi connectivity index (χ1) is 8.31. The molecule has 1 aliphatic rings. The van der Waals surface area contributed by atoms with Crippen LogP contribution >= 0.6 is 0 Å². The highest BCUT2D eigenvalue weighted by Crippen LogP contribution is 2.37. The van der Waals surface area contributed by atoms with Gasteiger partial charge in [-0.05, 0) is 17.5 Å². The molecule has 0 bridgehead atoms. The molecule has 0 fully saturated rings. The number of amidine groups is 1. The number of hydrogen-bond donors (Lipinski definition) is 0. The first-order valence-electron chi connectivity index (χ1n) is 5.63. The summed E-state index contributed by atoms with van der Waals surface area (Å²) >= 11 is 0. The summed E-state index contributed by atoms with van der Waals surface area (Å²) in [6.45, 7) is 0.529. The first-order valence-corrected chi connectivity index (χ1v) is 5.63. The van der Waals surface area contributed by atoms with Gasteiger partial charge in [-0.15, -0.1) is 0 Å². The van der Waals surface area contributed by atoms with Crippen LogP contribution < -0.4 is 4.90 Å². The SMILES string of the molecule is COCC1=Nc2cccc3cccc(c23)N1C. The Morgan fingerprint density at radius 3 is 2.71 bits per heavy atom. The molecule has 0 saturated heterocycles. The highest BCUT2D eigenvalue weighted by molar-refractivity contribution is 6.14. The van der Waals surface area contributed by atoms with E-state index in [1.54, 1.807) is 7.11 Å². The zero-order valence-electron chi connectivity index (χ0n) is 9.97. The number of anilines is 1. The van der Waals surface area contributed by atoms with Crippen molar-refractivity contribution in [1.29, 1.82) is 0 Å². The number of ether oxygens (including phenoxy) is 1. The van der Waals surface area contributed by atoms with E-state index in [2.05, 4.69) is 40.2 Å². The van der Waals surface area contributed by atoms with E-state index in [0.717, 1.165) is 11.5 Å². The monoisotopic (exact) mass is 226 g/mol. The van der Waals surface area contributed by atoms with Crippen molar-refractivity contribution in [2.75, 3.05) is 25.7 Å². The molecule has 3 heteroatoms. The molecular weight excluding hydrogens is 212 g/mol. The van der Waals surface area contributed by atoms with Crippen molar-refractivity contribution < 1.29 is 4.74 Å². The molecule has 0 radical (unpaired) electrons. The molecule has 2 aromatic rings. The van der Waals surface area contributed by atoms with Crippen LogP contribution in [0.4, 0.5) is 11.4 Å². The molecule has 0 atom stereocenters. The molecule has 0 amide bonds. The lowest BCUT2D eigenvalue weighted by atomic mass is 10.0. The van der Waals surface area contributed by atoms with Crippen molar-refractivity contribution in [3.63, 3.8) is 0 Å². The van der Waals surface area contributed by atoms with Gasteiger partial charge in [0, 0.05) is 19.5 Å². The lowest BCUT2D eigenvalue weighted by Crippen LogP contribution is -2.31. The van der Waals surface area contributed by atoms with Gasteiger partial charge in [-0.25, -0.2) is 4.99 Å². The Hall–Kier alpha value is -1.87. The number of aliphatic imine (C=N–C) groups is 1. The number of nitrogens with zero attached hydrogens (tertiary/aromatic N) is 2. The van der Waals surface area contributed by atoms with Crippen LogP contribution in [0.5, 0.6) is 0 Å². The molecule has 0 aliphatic carbocycles. The van der Waals surface area contributed by atoms with Gasteiger partial charge in [0.15, 0.2) is 0 Å². The molecule has 0 aromatic heterocycles. The molecule has 1 aliphatic heterocycles. The molecule has 0 spiro atoms. The van der Waals surface area contributed by atoms with Gasteiger partial charge in [-0.1, -0.05) is 24.3 Å². The Bertz CT molecular complexity index is 599. The Labute approximate surface area is 100 Å². The van der Waals surface area contributed by atoms with Crippen LogP contribution in [-0.4, -0.2) is 26.6 Å². The van der Waals surface area contributed by atoms with E-state index in [1.807, 2.05) is 13.1 Å². The fraction of sp³-hybridized carbons (Fsp3) is 0.214. The lowest BCUT2D eigenvalue weighted by molar-refractivity contribution is 0.244. The Morgan fingerprint density at radius 2 is 1.94 bits per heavy atom. The number of benzene rings is 2. The van der Waals surface area contributed by atoms with Crippen LogP contribution in [0, 0.1) is 0 Å². The van der Waals surface area contributed by atoms with Gasteiger partial charge in [-0.2, -0.15) is 0 Å². The van der Waals surface area contributed by atoms with Gasteiger partial charge in [0.25, 0.3) is 0 Å². The third-order valence-electron chi connectivity index (χ3n) is 3.13. The molecule has 0 saturated carbocycles. The fourth-order valence-electron chi connectivity index (χ4n) is 2.29. The van der Waals surface area contributed by atoms with Crippen LogP contribution in [0.3, 0.4) is 0 Å². The minimum absolute atomic E-state index is 0.529. The molecule has 17 heavy (non-hydrogen) atoms. The van der Waals surface area contributed by atoms with Gasteiger partial charge >= 0.3 is 0 Å². The summed E-state index contributed by atoms with van der Waals surface area (Å²) in [5, 5.41) is 2.45. The topological polar surface area (TPSA) is 24.8 Å². The summed E-state index contributed by atoms with van der Waals surface area (Å²) in [6, 6.07) is 12.5. The van der Waals surface area contributed by atoms with Crippen LogP contribution in [0.1, 0.15) is 0 Å². The van der Waals surface area contributed by atoms with Gasteiger partial charge in [0.05, 0.1) is 11.4 Å². The van der Waals surface area contributed by atoms with Crippen molar-refractivity contribution in [2.24, 2.45) is 4.99 Å². The minimum atomic E-state index is 0.529. The standard InChI is InChI=1S/C14H14N2O/c1-16-12-8-4-6-10-5-3-7-11(14(10)12)15-13(16)9-17-2/h3-8H,9H2,1-2H3. The molecule has 2 aromatic carbocycles. The van der Waals surface area contributed by atoms with E-state index in [4.69, 9.17) is 4.74 Å². The Balaban J connectivity index is 2.29. The summed E-state index contributed by atoms with van der Waals surface area (Å²) < 4.78 is 5.19. The largest absolute Gasteiger partial charge is 0.377 e. The second kappa shape index (κ2) is 3.86. The summed E-state index contributed by atoms with van der Waals surface area (Å²) in [6.07, 6.45) is 0. The number of methoxy groups -OCH3 is 1. The predicted molar refractivity (Wildman–Crippen MR) is 71.3 cm³/mol. The van der Waals surface area contributed by atoms with Crippen molar-refractivity contribution in [2.45, 2.75) is 0 Å². The second-order valence-electron chi connectivity index (χ2n) is 4.17. The molecule has 86 valence electrons. The Kier molecular flexibility index (Phi) is 2.34. The third kappa shape index (κ3) is 1.51. The molecule has 0 unspecified atom stereocenters. The van der Waals surface area contributed by atoms with Gasteiger partial charge in [0.2, 0.25) is 0 Å². The first kappa shape index (κ1) is 10.3. The van der Waals surface area contributed by atoms with Crippen molar-refractivity contribution in [3.8, 4) is 0 Å². The van der Waals surface area contributed by atoms with E-state index < -0.39 is 0 Å². The number of hydrogen-bond acceptors (Lipinski definition) is 3.